The molecule has 0 radical (unpaired) electrons. The van der Waals surface area contributed by atoms with Gasteiger partial charge < -0.3 is 9.84 Å². The van der Waals surface area contributed by atoms with E-state index in [0.29, 0.717) is 18.7 Å². The maximum atomic E-state index is 13.6. The van der Waals surface area contributed by atoms with Crippen molar-refractivity contribution in [2.75, 3.05) is 13.7 Å². The SMILES string of the molecule is COCCn1nc(C)c(-c2cc(F)cc(C(=O)O)c2)c1C. The Labute approximate surface area is 122 Å². The molecule has 0 amide bonds. The lowest BCUT2D eigenvalue weighted by atomic mass is 10.0. The fourth-order valence-electron chi connectivity index (χ4n) is 2.37. The van der Waals surface area contributed by atoms with Gasteiger partial charge in [0.15, 0.2) is 0 Å². The molecule has 112 valence electrons. The standard InChI is InChI=1S/C15H17FN2O3/c1-9-14(10(2)18(17-9)4-5-21-3)11-6-12(15(19)20)8-13(16)7-11/h6-8H,4-5H2,1-3H3,(H,19,20). The highest BCUT2D eigenvalue weighted by molar-refractivity contribution is 5.89. The van der Waals surface area contributed by atoms with Gasteiger partial charge in [0.25, 0.3) is 0 Å². The van der Waals surface area contributed by atoms with Gasteiger partial charge >= 0.3 is 5.97 Å². The zero-order chi connectivity index (χ0) is 15.6. The minimum absolute atomic E-state index is 0.0755. The normalized spacial score (nSPS) is 10.9. The van der Waals surface area contributed by atoms with Gasteiger partial charge in [-0.2, -0.15) is 5.10 Å². The number of nitrogens with zero attached hydrogens (tertiary/aromatic N) is 2. The number of carboxylic acid groups (broad SMARTS) is 1. The summed E-state index contributed by atoms with van der Waals surface area (Å²) in [5, 5.41) is 13.4. The van der Waals surface area contributed by atoms with Crippen LogP contribution in [0.1, 0.15) is 21.7 Å². The summed E-state index contributed by atoms with van der Waals surface area (Å²) < 4.78 is 20.4. The second-order valence-electron chi connectivity index (χ2n) is 4.80. The summed E-state index contributed by atoms with van der Waals surface area (Å²) in [6.45, 7) is 4.79. The quantitative estimate of drug-likeness (QED) is 0.920. The Bertz CT molecular complexity index is 680. The van der Waals surface area contributed by atoms with Gasteiger partial charge in [0, 0.05) is 18.4 Å². The molecular weight excluding hydrogens is 275 g/mol. The molecule has 0 saturated carbocycles. The average molecular weight is 292 g/mol. The lowest BCUT2D eigenvalue weighted by Crippen LogP contribution is -2.07. The van der Waals surface area contributed by atoms with Crippen molar-refractivity contribution < 1.29 is 19.0 Å². The number of aryl methyl sites for hydroxylation is 1. The summed E-state index contributed by atoms with van der Waals surface area (Å²) in [6.07, 6.45) is 0. The van der Waals surface area contributed by atoms with Crippen LogP contribution in [0.2, 0.25) is 0 Å². The number of hydrogen-bond donors (Lipinski definition) is 1. The van der Waals surface area contributed by atoms with E-state index in [1.54, 1.807) is 11.8 Å². The van der Waals surface area contributed by atoms with E-state index in [4.69, 9.17) is 9.84 Å². The van der Waals surface area contributed by atoms with E-state index in [-0.39, 0.29) is 5.56 Å². The molecule has 0 bridgehead atoms. The number of aromatic carboxylic acids is 1. The van der Waals surface area contributed by atoms with Gasteiger partial charge in [0.2, 0.25) is 0 Å². The van der Waals surface area contributed by atoms with E-state index >= 15 is 0 Å². The third-order valence-corrected chi connectivity index (χ3v) is 3.32. The Morgan fingerprint density at radius 1 is 1.38 bits per heavy atom. The molecule has 1 aromatic heterocycles. The molecule has 1 N–H and O–H groups in total. The Hall–Kier alpha value is -2.21. The molecular formula is C15H17FN2O3. The number of benzene rings is 1. The number of rotatable bonds is 5. The molecule has 2 aromatic rings. The lowest BCUT2D eigenvalue weighted by Gasteiger charge is -2.06. The zero-order valence-corrected chi connectivity index (χ0v) is 12.2. The van der Waals surface area contributed by atoms with E-state index in [9.17, 15) is 9.18 Å². The van der Waals surface area contributed by atoms with Crippen LogP contribution in [0.15, 0.2) is 18.2 Å². The molecule has 6 heteroatoms. The van der Waals surface area contributed by atoms with Crippen molar-refractivity contribution in [1.82, 2.24) is 9.78 Å². The van der Waals surface area contributed by atoms with Crippen LogP contribution in [-0.2, 0) is 11.3 Å². The van der Waals surface area contributed by atoms with Crippen molar-refractivity contribution in [2.45, 2.75) is 20.4 Å². The summed E-state index contributed by atoms with van der Waals surface area (Å²) in [5.41, 5.74) is 2.78. The van der Waals surface area contributed by atoms with E-state index in [1.165, 1.54) is 12.1 Å². The van der Waals surface area contributed by atoms with Crippen molar-refractivity contribution >= 4 is 5.97 Å². The van der Waals surface area contributed by atoms with Crippen LogP contribution in [0.25, 0.3) is 11.1 Å². The van der Waals surface area contributed by atoms with Crippen LogP contribution in [0.3, 0.4) is 0 Å². The molecule has 0 spiro atoms. The number of carboxylic acids is 1. The Balaban J connectivity index is 2.51. The first-order valence-electron chi connectivity index (χ1n) is 6.51. The van der Waals surface area contributed by atoms with Crippen LogP contribution in [0.5, 0.6) is 0 Å². The zero-order valence-electron chi connectivity index (χ0n) is 12.2. The van der Waals surface area contributed by atoms with Crippen LogP contribution < -0.4 is 0 Å². The predicted octanol–water partition coefficient (Wildman–Crippen LogP) is 2.65. The molecule has 0 saturated heterocycles. The molecule has 1 aromatic carbocycles. The van der Waals surface area contributed by atoms with Gasteiger partial charge in [-0.3, -0.25) is 4.68 Å². The molecule has 21 heavy (non-hydrogen) atoms. The first-order chi connectivity index (χ1) is 9.93. The maximum absolute atomic E-state index is 13.6. The summed E-state index contributed by atoms with van der Waals surface area (Å²) in [6, 6.07) is 3.79. The average Bonchev–Trinajstić information content (AvgIpc) is 2.70. The largest absolute Gasteiger partial charge is 0.478 e. The molecule has 0 aliphatic carbocycles. The van der Waals surface area contributed by atoms with Gasteiger partial charge in [-0.15, -0.1) is 0 Å². The Morgan fingerprint density at radius 3 is 2.71 bits per heavy atom. The van der Waals surface area contributed by atoms with Crippen LogP contribution in [0, 0.1) is 19.7 Å². The molecule has 0 aliphatic heterocycles. The monoisotopic (exact) mass is 292 g/mol. The molecule has 1 heterocycles. The van der Waals surface area contributed by atoms with E-state index in [0.717, 1.165) is 23.0 Å². The lowest BCUT2D eigenvalue weighted by molar-refractivity contribution is 0.0696. The summed E-state index contributed by atoms with van der Waals surface area (Å²) in [7, 11) is 1.61. The van der Waals surface area contributed by atoms with Crippen LogP contribution in [-0.4, -0.2) is 34.6 Å². The van der Waals surface area contributed by atoms with Gasteiger partial charge in [0.05, 0.1) is 24.4 Å². The summed E-state index contributed by atoms with van der Waals surface area (Å²) >= 11 is 0. The van der Waals surface area contributed by atoms with Gasteiger partial charge in [-0.05, 0) is 37.6 Å². The van der Waals surface area contributed by atoms with E-state index in [1.807, 2.05) is 13.8 Å². The van der Waals surface area contributed by atoms with E-state index in [2.05, 4.69) is 5.10 Å². The number of halogens is 1. The second kappa shape index (κ2) is 6.05. The molecule has 5 nitrogen and oxygen atoms in total. The fraction of sp³-hybridized carbons (Fsp3) is 0.333. The highest BCUT2D eigenvalue weighted by atomic mass is 19.1. The van der Waals surface area contributed by atoms with Gasteiger partial charge in [0.1, 0.15) is 5.82 Å². The number of carbonyl (C=O) groups is 1. The fourth-order valence-corrected chi connectivity index (χ4v) is 2.37. The van der Waals surface area contributed by atoms with Crippen molar-refractivity contribution in [3.63, 3.8) is 0 Å². The van der Waals surface area contributed by atoms with Crippen LogP contribution in [0.4, 0.5) is 4.39 Å². The topological polar surface area (TPSA) is 64.4 Å². The van der Waals surface area contributed by atoms with E-state index < -0.39 is 11.8 Å². The first-order valence-corrected chi connectivity index (χ1v) is 6.51. The highest BCUT2D eigenvalue weighted by Gasteiger charge is 2.16. The smallest absolute Gasteiger partial charge is 0.335 e. The second-order valence-corrected chi connectivity index (χ2v) is 4.80. The number of aromatic nitrogens is 2. The Morgan fingerprint density at radius 2 is 2.10 bits per heavy atom. The number of ether oxygens (including phenoxy) is 1. The van der Waals surface area contributed by atoms with Crippen molar-refractivity contribution in [3.05, 3.63) is 41.0 Å². The minimum Gasteiger partial charge on any atom is -0.478 e. The number of methoxy groups -OCH3 is 1. The maximum Gasteiger partial charge on any atom is 0.335 e. The molecule has 0 unspecified atom stereocenters. The molecule has 0 aliphatic rings. The molecule has 0 atom stereocenters. The first kappa shape index (κ1) is 15.2. The molecule has 0 fully saturated rings. The predicted molar refractivity (Wildman–Crippen MR) is 75.9 cm³/mol. The van der Waals surface area contributed by atoms with Gasteiger partial charge in [-0.25, -0.2) is 9.18 Å². The Kier molecular flexibility index (Phi) is 4.37. The highest BCUT2D eigenvalue weighted by Crippen LogP contribution is 2.28. The van der Waals surface area contributed by atoms with Crippen LogP contribution >= 0.6 is 0 Å². The van der Waals surface area contributed by atoms with Crippen molar-refractivity contribution in [2.24, 2.45) is 0 Å². The molecule has 2 rings (SSSR count). The summed E-state index contributed by atoms with van der Waals surface area (Å²) in [4.78, 5) is 11.0. The third-order valence-electron chi connectivity index (χ3n) is 3.32. The third kappa shape index (κ3) is 3.11. The van der Waals surface area contributed by atoms with Crippen molar-refractivity contribution in [3.8, 4) is 11.1 Å². The van der Waals surface area contributed by atoms with Gasteiger partial charge in [-0.1, -0.05) is 0 Å². The van der Waals surface area contributed by atoms with Crippen molar-refractivity contribution in [1.29, 1.82) is 0 Å². The minimum atomic E-state index is -1.15. The summed E-state index contributed by atoms with van der Waals surface area (Å²) in [5.74, 6) is -1.73. The number of hydrogen-bond acceptors (Lipinski definition) is 3.